The molecule has 2 atom stereocenters. The van der Waals surface area contributed by atoms with Crippen LogP contribution in [0.25, 0.3) is 0 Å². The number of carbonyl (C=O) groups is 1. The van der Waals surface area contributed by atoms with Gasteiger partial charge in [-0.25, -0.2) is 0 Å². The predicted molar refractivity (Wildman–Crippen MR) is 94.7 cm³/mol. The van der Waals surface area contributed by atoms with Crippen LogP contribution >= 0.6 is 0 Å². The van der Waals surface area contributed by atoms with Crippen LogP contribution in [0.15, 0.2) is 35.3 Å². The largest absolute Gasteiger partial charge is 0.354 e. The third-order valence-corrected chi connectivity index (χ3v) is 4.11. The Morgan fingerprint density at radius 1 is 1.13 bits per heavy atom. The number of benzene rings is 1. The van der Waals surface area contributed by atoms with Crippen LogP contribution in [0.1, 0.15) is 30.6 Å². The van der Waals surface area contributed by atoms with Crippen LogP contribution in [0.2, 0.25) is 0 Å². The van der Waals surface area contributed by atoms with E-state index in [-0.39, 0.29) is 5.91 Å². The van der Waals surface area contributed by atoms with Crippen molar-refractivity contribution in [3.63, 3.8) is 0 Å². The molecule has 1 amide bonds. The number of piperidine rings is 1. The third-order valence-electron chi connectivity index (χ3n) is 4.11. The molecule has 23 heavy (non-hydrogen) atoms. The Kier molecular flexibility index (Phi) is 6.44. The van der Waals surface area contributed by atoms with Gasteiger partial charge in [0.1, 0.15) is 0 Å². The van der Waals surface area contributed by atoms with Gasteiger partial charge in [-0.15, -0.1) is 0 Å². The average Bonchev–Trinajstić information content (AvgIpc) is 2.54. The smallest absolute Gasteiger partial charge is 0.251 e. The van der Waals surface area contributed by atoms with E-state index < -0.39 is 0 Å². The zero-order chi connectivity index (χ0) is 16.7. The van der Waals surface area contributed by atoms with Crippen LogP contribution < -0.4 is 10.6 Å². The van der Waals surface area contributed by atoms with Gasteiger partial charge in [-0.3, -0.25) is 9.79 Å². The Hall–Kier alpha value is -2.04. The number of carbonyl (C=O) groups excluding carboxylic acids is 1. The third kappa shape index (κ3) is 5.27. The molecule has 1 aromatic rings. The number of nitrogens with zero attached hydrogens (tertiary/aromatic N) is 2. The summed E-state index contributed by atoms with van der Waals surface area (Å²) >= 11 is 0. The van der Waals surface area contributed by atoms with Crippen LogP contribution in [-0.2, 0) is 0 Å². The topological polar surface area (TPSA) is 56.7 Å². The van der Waals surface area contributed by atoms with Gasteiger partial charge in [0.05, 0.1) is 0 Å². The van der Waals surface area contributed by atoms with Crippen LogP contribution in [0.4, 0.5) is 0 Å². The van der Waals surface area contributed by atoms with Crippen LogP contribution in [0, 0.1) is 11.8 Å². The second-order valence-electron chi connectivity index (χ2n) is 6.45. The van der Waals surface area contributed by atoms with Gasteiger partial charge in [0, 0.05) is 38.8 Å². The van der Waals surface area contributed by atoms with Crippen molar-refractivity contribution in [2.45, 2.75) is 20.3 Å². The Morgan fingerprint density at radius 3 is 2.35 bits per heavy atom. The van der Waals surface area contributed by atoms with E-state index in [9.17, 15) is 4.79 Å². The fourth-order valence-corrected chi connectivity index (χ4v) is 3.21. The molecule has 0 bridgehead atoms. The maximum atomic E-state index is 12.0. The summed E-state index contributed by atoms with van der Waals surface area (Å²) in [7, 11) is 1.81. The second-order valence-corrected chi connectivity index (χ2v) is 6.45. The summed E-state index contributed by atoms with van der Waals surface area (Å²) in [5.41, 5.74) is 0.690. The molecule has 2 rings (SSSR count). The monoisotopic (exact) mass is 316 g/mol. The molecule has 1 aliphatic rings. The average molecular weight is 316 g/mol. The summed E-state index contributed by atoms with van der Waals surface area (Å²) in [6.45, 7) is 7.91. The highest BCUT2D eigenvalue weighted by atomic mass is 16.1. The van der Waals surface area contributed by atoms with Crippen LogP contribution in [0.5, 0.6) is 0 Å². The van der Waals surface area contributed by atoms with Gasteiger partial charge in [0.15, 0.2) is 5.96 Å². The molecular formula is C18H28N4O. The van der Waals surface area contributed by atoms with Gasteiger partial charge in [-0.1, -0.05) is 32.0 Å². The standard InChI is InChI=1S/C18H28N4O/c1-14-11-15(2)13-22(12-14)18(19-3)21-10-9-20-17(23)16-7-5-4-6-8-16/h4-8,14-15H,9-13H2,1-3H3,(H,19,21)(H,20,23). The van der Waals surface area contributed by atoms with E-state index in [1.807, 2.05) is 37.4 Å². The fraction of sp³-hybridized carbons (Fsp3) is 0.556. The Labute approximate surface area is 139 Å². The minimum Gasteiger partial charge on any atom is -0.354 e. The second kappa shape index (κ2) is 8.56. The Balaban J connectivity index is 1.75. The summed E-state index contributed by atoms with van der Waals surface area (Å²) in [6, 6.07) is 9.28. The number of aliphatic imine (C=N–C) groups is 1. The number of likely N-dealkylation sites (tertiary alicyclic amines) is 1. The maximum absolute atomic E-state index is 12.0. The molecule has 1 saturated heterocycles. The number of guanidine groups is 1. The van der Waals surface area contributed by atoms with Gasteiger partial charge in [-0.2, -0.15) is 0 Å². The van der Waals surface area contributed by atoms with Crippen molar-refractivity contribution < 1.29 is 4.79 Å². The highest BCUT2D eigenvalue weighted by molar-refractivity contribution is 5.94. The molecule has 126 valence electrons. The first-order valence-electron chi connectivity index (χ1n) is 8.39. The van der Waals surface area contributed by atoms with Crippen LogP contribution in [-0.4, -0.2) is 50.0 Å². The zero-order valence-electron chi connectivity index (χ0n) is 14.4. The molecule has 5 heteroatoms. The van der Waals surface area contributed by atoms with Crippen LogP contribution in [0.3, 0.4) is 0 Å². The van der Waals surface area contributed by atoms with Gasteiger partial charge >= 0.3 is 0 Å². The summed E-state index contributed by atoms with van der Waals surface area (Å²) in [5.74, 6) is 2.27. The molecule has 1 fully saturated rings. The lowest BCUT2D eigenvalue weighted by atomic mass is 9.92. The van der Waals surface area contributed by atoms with E-state index in [2.05, 4.69) is 34.4 Å². The lowest BCUT2D eigenvalue weighted by Gasteiger charge is -2.37. The lowest BCUT2D eigenvalue weighted by Crippen LogP contribution is -2.49. The van der Waals surface area contributed by atoms with Crippen molar-refractivity contribution in [1.29, 1.82) is 0 Å². The van der Waals surface area contributed by atoms with E-state index in [1.54, 1.807) is 0 Å². The molecule has 0 spiro atoms. The van der Waals surface area contributed by atoms with Crippen molar-refractivity contribution >= 4 is 11.9 Å². The van der Waals surface area contributed by atoms with Crippen molar-refractivity contribution in [3.8, 4) is 0 Å². The highest BCUT2D eigenvalue weighted by Gasteiger charge is 2.23. The predicted octanol–water partition coefficient (Wildman–Crippen LogP) is 1.97. The van der Waals surface area contributed by atoms with E-state index >= 15 is 0 Å². The fourth-order valence-electron chi connectivity index (χ4n) is 3.21. The summed E-state index contributed by atoms with van der Waals surface area (Å²) in [5, 5.41) is 6.27. The molecule has 0 aliphatic carbocycles. The number of amides is 1. The molecule has 5 nitrogen and oxygen atoms in total. The molecule has 0 saturated carbocycles. The van der Waals surface area contributed by atoms with E-state index in [0.717, 1.165) is 19.0 Å². The Bertz CT molecular complexity index is 519. The summed E-state index contributed by atoms with van der Waals surface area (Å²) in [6.07, 6.45) is 1.28. The van der Waals surface area contributed by atoms with Crippen molar-refractivity contribution in [2.75, 3.05) is 33.2 Å². The first-order valence-corrected chi connectivity index (χ1v) is 8.39. The molecule has 1 aliphatic heterocycles. The van der Waals surface area contributed by atoms with Crippen molar-refractivity contribution in [2.24, 2.45) is 16.8 Å². The highest BCUT2D eigenvalue weighted by Crippen LogP contribution is 2.20. The molecule has 1 aromatic carbocycles. The van der Waals surface area contributed by atoms with E-state index in [4.69, 9.17) is 0 Å². The minimum absolute atomic E-state index is 0.0393. The van der Waals surface area contributed by atoms with Gasteiger partial charge < -0.3 is 15.5 Å². The van der Waals surface area contributed by atoms with Crippen molar-refractivity contribution in [3.05, 3.63) is 35.9 Å². The molecule has 2 unspecified atom stereocenters. The number of hydrogen-bond donors (Lipinski definition) is 2. The first kappa shape index (κ1) is 17.3. The quantitative estimate of drug-likeness (QED) is 0.507. The van der Waals surface area contributed by atoms with Gasteiger partial charge in [-0.05, 0) is 30.4 Å². The molecule has 0 aromatic heterocycles. The maximum Gasteiger partial charge on any atom is 0.251 e. The van der Waals surface area contributed by atoms with Gasteiger partial charge in [0.2, 0.25) is 0 Å². The summed E-state index contributed by atoms with van der Waals surface area (Å²) < 4.78 is 0. The minimum atomic E-state index is -0.0393. The summed E-state index contributed by atoms with van der Waals surface area (Å²) in [4.78, 5) is 18.7. The molecule has 0 radical (unpaired) electrons. The number of nitrogens with one attached hydrogen (secondary N) is 2. The first-order chi connectivity index (χ1) is 11.1. The lowest BCUT2D eigenvalue weighted by molar-refractivity contribution is 0.0954. The SMILES string of the molecule is CN=C(NCCNC(=O)c1ccccc1)N1CC(C)CC(C)C1. The Morgan fingerprint density at radius 2 is 1.74 bits per heavy atom. The number of hydrogen-bond acceptors (Lipinski definition) is 2. The molecule has 2 N–H and O–H groups in total. The van der Waals surface area contributed by atoms with E-state index in [1.165, 1.54) is 6.42 Å². The van der Waals surface area contributed by atoms with Crippen molar-refractivity contribution in [1.82, 2.24) is 15.5 Å². The molecule has 1 heterocycles. The van der Waals surface area contributed by atoms with E-state index in [0.29, 0.717) is 30.5 Å². The number of rotatable bonds is 4. The van der Waals surface area contributed by atoms with Gasteiger partial charge in [0.25, 0.3) is 5.91 Å². The zero-order valence-corrected chi connectivity index (χ0v) is 14.4. The molecular weight excluding hydrogens is 288 g/mol. The normalized spacial score (nSPS) is 21.9.